The van der Waals surface area contributed by atoms with Crippen molar-refractivity contribution in [2.45, 2.75) is 32.4 Å². The largest absolute Gasteiger partial charge is 0.313 e. The first-order valence-electron chi connectivity index (χ1n) is 7.53. The summed E-state index contributed by atoms with van der Waals surface area (Å²) in [6.07, 6.45) is 4.26. The lowest BCUT2D eigenvalue weighted by atomic mass is 10.2. The van der Waals surface area contributed by atoms with Crippen LogP contribution in [0.5, 0.6) is 0 Å². The molecule has 0 bridgehead atoms. The molecular weight excluding hydrogens is 264 g/mol. The summed E-state index contributed by atoms with van der Waals surface area (Å²) in [6.45, 7) is 4.80. The van der Waals surface area contributed by atoms with E-state index in [4.69, 9.17) is 0 Å². The van der Waals surface area contributed by atoms with E-state index in [0.717, 1.165) is 30.0 Å². The van der Waals surface area contributed by atoms with E-state index in [2.05, 4.69) is 22.2 Å². The van der Waals surface area contributed by atoms with Crippen molar-refractivity contribution in [1.29, 1.82) is 0 Å². The molecule has 2 aromatic rings. The zero-order valence-corrected chi connectivity index (χ0v) is 12.7. The average Bonchev–Trinajstić information content (AvgIpc) is 2.93. The maximum atomic E-state index is 12.2. The number of nitrogens with zero attached hydrogens (tertiary/aromatic N) is 3. The van der Waals surface area contributed by atoms with E-state index in [-0.39, 0.29) is 5.56 Å². The summed E-state index contributed by atoms with van der Waals surface area (Å²) in [5, 5.41) is 3.50. The van der Waals surface area contributed by atoms with Crippen molar-refractivity contribution in [2.75, 3.05) is 20.1 Å². The van der Waals surface area contributed by atoms with Crippen molar-refractivity contribution < 1.29 is 0 Å². The standard InChI is InChI=1S/C16H22N4O/c1-12-5-4-8-20-15(21)9-14(18-16(12)20)11-19(2)10-13-6-3-7-17-13/h4-5,8-9,13,17H,3,6-7,10-11H2,1-2H3. The second kappa shape index (κ2) is 5.95. The third-order valence-electron chi connectivity index (χ3n) is 4.07. The summed E-state index contributed by atoms with van der Waals surface area (Å²) in [5.74, 6) is 0. The van der Waals surface area contributed by atoms with Gasteiger partial charge in [-0.2, -0.15) is 0 Å². The fraction of sp³-hybridized carbons (Fsp3) is 0.500. The van der Waals surface area contributed by atoms with Gasteiger partial charge in [-0.05, 0) is 45.0 Å². The van der Waals surface area contributed by atoms with Gasteiger partial charge < -0.3 is 5.32 Å². The minimum Gasteiger partial charge on any atom is -0.313 e. The van der Waals surface area contributed by atoms with Crippen molar-refractivity contribution in [3.05, 3.63) is 46.0 Å². The first-order chi connectivity index (χ1) is 10.1. The van der Waals surface area contributed by atoms with Gasteiger partial charge in [0.15, 0.2) is 0 Å². The van der Waals surface area contributed by atoms with Crippen LogP contribution in [0, 0.1) is 6.92 Å². The van der Waals surface area contributed by atoms with Crippen LogP contribution in [-0.2, 0) is 6.54 Å². The number of aromatic nitrogens is 2. The zero-order valence-electron chi connectivity index (χ0n) is 12.7. The molecule has 0 aromatic carbocycles. The number of nitrogens with one attached hydrogen (secondary N) is 1. The monoisotopic (exact) mass is 286 g/mol. The van der Waals surface area contributed by atoms with Crippen LogP contribution in [0.25, 0.3) is 5.65 Å². The van der Waals surface area contributed by atoms with Gasteiger partial charge in [0.05, 0.1) is 5.69 Å². The lowest BCUT2D eigenvalue weighted by molar-refractivity contribution is 0.290. The second-order valence-corrected chi connectivity index (χ2v) is 5.96. The Bertz CT molecular complexity index is 688. The van der Waals surface area contributed by atoms with Gasteiger partial charge in [0, 0.05) is 31.4 Å². The topological polar surface area (TPSA) is 49.6 Å². The molecule has 0 amide bonds. The van der Waals surface area contributed by atoms with Gasteiger partial charge in [-0.1, -0.05) is 6.07 Å². The Morgan fingerprint density at radius 2 is 2.38 bits per heavy atom. The zero-order chi connectivity index (χ0) is 14.8. The Kier molecular flexibility index (Phi) is 4.03. The molecule has 3 heterocycles. The number of aryl methyl sites for hydroxylation is 1. The van der Waals surface area contributed by atoms with Crippen LogP contribution >= 0.6 is 0 Å². The van der Waals surface area contributed by atoms with Gasteiger partial charge in [0.25, 0.3) is 5.56 Å². The molecule has 0 radical (unpaired) electrons. The van der Waals surface area contributed by atoms with E-state index in [9.17, 15) is 4.79 Å². The summed E-state index contributed by atoms with van der Waals surface area (Å²) >= 11 is 0. The molecule has 1 saturated heterocycles. The SMILES string of the molecule is Cc1cccn2c(=O)cc(CN(C)CC3CCCN3)nc12. The molecular formula is C16H22N4O. The van der Waals surface area contributed by atoms with Crippen LogP contribution in [0.1, 0.15) is 24.1 Å². The minimum atomic E-state index is -0.00825. The first-order valence-corrected chi connectivity index (χ1v) is 7.53. The van der Waals surface area contributed by atoms with Crippen LogP contribution < -0.4 is 10.9 Å². The molecule has 21 heavy (non-hydrogen) atoms. The highest BCUT2D eigenvalue weighted by Crippen LogP contribution is 2.09. The molecule has 1 aliphatic rings. The molecule has 5 heteroatoms. The Morgan fingerprint density at radius 3 is 3.14 bits per heavy atom. The number of hydrogen-bond acceptors (Lipinski definition) is 4. The van der Waals surface area contributed by atoms with Crippen LogP contribution in [0.3, 0.4) is 0 Å². The van der Waals surface area contributed by atoms with Crippen LogP contribution in [0.2, 0.25) is 0 Å². The molecule has 0 spiro atoms. The van der Waals surface area contributed by atoms with E-state index in [1.54, 1.807) is 16.7 Å². The summed E-state index contributed by atoms with van der Waals surface area (Å²) in [5.41, 5.74) is 2.62. The molecule has 3 rings (SSSR count). The molecule has 5 nitrogen and oxygen atoms in total. The average molecular weight is 286 g/mol. The number of fused-ring (bicyclic) bond motifs is 1. The van der Waals surface area contributed by atoms with Crippen LogP contribution in [0.4, 0.5) is 0 Å². The van der Waals surface area contributed by atoms with E-state index >= 15 is 0 Å². The molecule has 1 N–H and O–H groups in total. The highest BCUT2D eigenvalue weighted by molar-refractivity contribution is 5.46. The number of hydrogen-bond donors (Lipinski definition) is 1. The Labute approximate surface area is 124 Å². The fourth-order valence-corrected chi connectivity index (χ4v) is 3.02. The predicted octanol–water partition coefficient (Wildman–Crippen LogP) is 1.19. The van der Waals surface area contributed by atoms with Crippen molar-refractivity contribution in [2.24, 2.45) is 0 Å². The van der Waals surface area contributed by atoms with Gasteiger partial charge in [0.1, 0.15) is 5.65 Å². The molecule has 0 saturated carbocycles. The smallest absolute Gasteiger partial charge is 0.258 e. The van der Waals surface area contributed by atoms with Gasteiger partial charge >= 0.3 is 0 Å². The summed E-state index contributed by atoms with van der Waals surface area (Å²) in [7, 11) is 2.08. The summed E-state index contributed by atoms with van der Waals surface area (Å²) in [4.78, 5) is 19.1. The maximum Gasteiger partial charge on any atom is 0.258 e. The van der Waals surface area contributed by atoms with Crippen molar-refractivity contribution in [1.82, 2.24) is 19.6 Å². The van der Waals surface area contributed by atoms with E-state index in [1.165, 1.54) is 12.8 Å². The Morgan fingerprint density at radius 1 is 1.52 bits per heavy atom. The van der Waals surface area contributed by atoms with Gasteiger partial charge in [0.2, 0.25) is 0 Å². The normalized spacial score (nSPS) is 18.7. The molecule has 2 aromatic heterocycles. The number of likely N-dealkylation sites (N-methyl/N-ethyl adjacent to an activating group) is 1. The highest BCUT2D eigenvalue weighted by Gasteiger charge is 2.16. The summed E-state index contributed by atoms with van der Waals surface area (Å²) < 4.78 is 1.61. The van der Waals surface area contributed by atoms with E-state index < -0.39 is 0 Å². The van der Waals surface area contributed by atoms with Gasteiger partial charge in [-0.15, -0.1) is 0 Å². The fourth-order valence-electron chi connectivity index (χ4n) is 3.02. The predicted molar refractivity (Wildman–Crippen MR) is 83.6 cm³/mol. The number of rotatable bonds is 4. The van der Waals surface area contributed by atoms with Crippen LogP contribution in [0.15, 0.2) is 29.2 Å². The Balaban J connectivity index is 1.80. The molecule has 1 fully saturated rings. The third-order valence-corrected chi connectivity index (χ3v) is 4.07. The quantitative estimate of drug-likeness (QED) is 0.917. The number of pyridine rings is 1. The summed E-state index contributed by atoms with van der Waals surface area (Å²) in [6, 6.07) is 6.07. The van der Waals surface area contributed by atoms with Gasteiger partial charge in [-0.3, -0.25) is 14.1 Å². The van der Waals surface area contributed by atoms with Crippen LogP contribution in [-0.4, -0.2) is 40.5 Å². The minimum absolute atomic E-state index is 0.00825. The highest BCUT2D eigenvalue weighted by atomic mass is 16.1. The molecule has 1 atom stereocenters. The van der Waals surface area contributed by atoms with E-state index in [0.29, 0.717) is 12.6 Å². The molecule has 1 unspecified atom stereocenters. The lowest BCUT2D eigenvalue weighted by Gasteiger charge is -2.20. The first kappa shape index (κ1) is 14.2. The lowest BCUT2D eigenvalue weighted by Crippen LogP contribution is -2.35. The Hall–Kier alpha value is -1.72. The van der Waals surface area contributed by atoms with E-state index in [1.807, 2.05) is 19.1 Å². The van der Waals surface area contributed by atoms with Crippen molar-refractivity contribution in [3.63, 3.8) is 0 Å². The molecule has 0 aliphatic carbocycles. The maximum absolute atomic E-state index is 12.2. The van der Waals surface area contributed by atoms with Gasteiger partial charge in [-0.25, -0.2) is 4.98 Å². The second-order valence-electron chi connectivity index (χ2n) is 5.96. The van der Waals surface area contributed by atoms with Crippen molar-refractivity contribution in [3.8, 4) is 0 Å². The third kappa shape index (κ3) is 3.14. The molecule has 112 valence electrons. The molecule has 1 aliphatic heterocycles. The van der Waals surface area contributed by atoms with Crippen molar-refractivity contribution >= 4 is 5.65 Å².